The van der Waals surface area contributed by atoms with Gasteiger partial charge in [-0.3, -0.25) is 9.59 Å². The fraction of sp³-hybridized carbons (Fsp3) is 0.231. The zero-order chi connectivity index (χ0) is 17.0. The van der Waals surface area contributed by atoms with E-state index in [4.69, 9.17) is 0 Å². The molecule has 1 amide bonds. The van der Waals surface area contributed by atoms with E-state index in [2.05, 4.69) is 0 Å². The summed E-state index contributed by atoms with van der Waals surface area (Å²) >= 11 is 0. The maximum atomic E-state index is 12.4. The number of alkyl halides is 6. The number of ketones is 1. The molecule has 0 aromatic heterocycles. The van der Waals surface area contributed by atoms with Crippen LogP contribution in [0.3, 0.4) is 0 Å². The Bertz CT molecular complexity index is 562. The number of hydrogen-bond donors (Lipinski definition) is 0. The molecule has 0 aliphatic carbocycles. The average Bonchev–Trinajstić information content (AvgIpc) is 2.41. The molecule has 0 radical (unpaired) electrons. The molecule has 0 unspecified atom stereocenters. The van der Waals surface area contributed by atoms with Gasteiger partial charge >= 0.3 is 18.3 Å². The lowest BCUT2D eigenvalue weighted by Crippen LogP contribution is -2.37. The predicted octanol–water partition coefficient (Wildman–Crippen LogP) is 3.22. The van der Waals surface area contributed by atoms with Crippen molar-refractivity contribution in [1.82, 2.24) is 4.90 Å². The highest BCUT2D eigenvalue weighted by Gasteiger charge is 2.42. The largest absolute Gasteiger partial charge is 0.471 e. The maximum Gasteiger partial charge on any atom is 0.471 e. The van der Waals surface area contributed by atoms with Crippen molar-refractivity contribution in [2.75, 3.05) is 0 Å². The molecule has 1 aromatic rings. The van der Waals surface area contributed by atoms with Gasteiger partial charge in [-0.25, -0.2) is 0 Å². The van der Waals surface area contributed by atoms with Crippen molar-refractivity contribution < 1.29 is 35.9 Å². The number of hydrogen-bond acceptors (Lipinski definition) is 2. The molecule has 0 atom stereocenters. The predicted molar refractivity (Wildman–Crippen MR) is 63.2 cm³/mol. The molecule has 0 N–H and O–H groups in total. The minimum Gasteiger partial charge on any atom is -0.307 e. The fourth-order valence-electron chi connectivity index (χ4n) is 1.39. The van der Waals surface area contributed by atoms with Crippen LogP contribution in [0.25, 0.3) is 0 Å². The quantitative estimate of drug-likeness (QED) is 0.630. The molecule has 0 saturated carbocycles. The molecule has 1 aromatic carbocycles. The SMILES string of the molecule is O=C(/C=C/N(Cc1ccccc1)C(=O)C(F)(F)F)C(F)(F)F. The molecule has 0 heterocycles. The first kappa shape index (κ1) is 17.7. The molecule has 0 saturated heterocycles. The summed E-state index contributed by atoms with van der Waals surface area (Å²) in [4.78, 5) is 21.9. The highest BCUT2D eigenvalue weighted by atomic mass is 19.4. The Morgan fingerprint density at radius 3 is 1.95 bits per heavy atom. The van der Waals surface area contributed by atoms with Crippen LogP contribution >= 0.6 is 0 Å². The fourth-order valence-corrected chi connectivity index (χ4v) is 1.39. The monoisotopic (exact) mass is 325 g/mol. The van der Waals surface area contributed by atoms with Gasteiger partial charge in [0.1, 0.15) is 0 Å². The Hall–Kier alpha value is -2.32. The minimum absolute atomic E-state index is 0.00102. The number of allylic oxidation sites excluding steroid dienone is 1. The second kappa shape index (κ2) is 6.63. The molecule has 9 heteroatoms. The first-order valence-electron chi connectivity index (χ1n) is 5.73. The molecule has 1 rings (SSSR count). The van der Waals surface area contributed by atoms with Crippen LogP contribution in [0.4, 0.5) is 26.3 Å². The second-order valence-corrected chi connectivity index (χ2v) is 4.09. The van der Waals surface area contributed by atoms with Gasteiger partial charge in [0.15, 0.2) is 0 Å². The van der Waals surface area contributed by atoms with Gasteiger partial charge in [0, 0.05) is 12.3 Å². The summed E-state index contributed by atoms with van der Waals surface area (Å²) in [6.45, 7) is -0.624. The van der Waals surface area contributed by atoms with E-state index in [1.54, 1.807) is 6.07 Å². The molecular formula is C13H9F6NO2. The van der Waals surface area contributed by atoms with Gasteiger partial charge < -0.3 is 4.90 Å². The van der Waals surface area contributed by atoms with Crippen molar-refractivity contribution >= 4 is 11.7 Å². The van der Waals surface area contributed by atoms with Crippen LogP contribution in [-0.4, -0.2) is 28.9 Å². The molecule has 0 aliphatic rings. The van der Waals surface area contributed by atoms with Crippen molar-refractivity contribution in [3.05, 3.63) is 48.2 Å². The van der Waals surface area contributed by atoms with Crippen molar-refractivity contribution in [3.63, 3.8) is 0 Å². The minimum atomic E-state index is -5.28. The van der Waals surface area contributed by atoms with Gasteiger partial charge in [0.2, 0.25) is 0 Å². The number of nitrogens with zero attached hydrogens (tertiary/aromatic N) is 1. The lowest BCUT2D eigenvalue weighted by atomic mass is 10.2. The number of carbonyl (C=O) groups excluding carboxylic acids is 2. The van der Waals surface area contributed by atoms with Crippen LogP contribution in [-0.2, 0) is 16.1 Å². The van der Waals surface area contributed by atoms with Gasteiger partial charge in [0.05, 0.1) is 6.54 Å². The van der Waals surface area contributed by atoms with E-state index >= 15 is 0 Å². The first-order valence-corrected chi connectivity index (χ1v) is 5.73. The summed E-state index contributed by atoms with van der Waals surface area (Å²) in [5, 5.41) is 0. The van der Waals surface area contributed by atoms with Crippen molar-refractivity contribution in [2.24, 2.45) is 0 Å². The smallest absolute Gasteiger partial charge is 0.307 e. The molecule has 120 valence electrons. The molecule has 0 spiro atoms. The zero-order valence-electron chi connectivity index (χ0n) is 10.8. The highest BCUT2D eigenvalue weighted by Crippen LogP contribution is 2.21. The maximum absolute atomic E-state index is 12.4. The standard InChI is InChI=1S/C13H9F6NO2/c14-12(15,16)10(21)6-7-20(11(22)13(17,18)19)8-9-4-2-1-3-5-9/h1-7H,8H2/b7-6+. The second-order valence-electron chi connectivity index (χ2n) is 4.09. The molecule has 0 bridgehead atoms. The molecule has 22 heavy (non-hydrogen) atoms. The third-order valence-electron chi connectivity index (χ3n) is 2.38. The van der Waals surface area contributed by atoms with E-state index in [1.165, 1.54) is 24.3 Å². The summed E-state index contributed by atoms with van der Waals surface area (Å²) in [7, 11) is 0. The van der Waals surface area contributed by atoms with Crippen molar-refractivity contribution in [1.29, 1.82) is 0 Å². The summed E-state index contributed by atoms with van der Waals surface area (Å²) in [6.07, 6.45) is -10.4. The molecule has 0 aliphatic heterocycles. The van der Waals surface area contributed by atoms with E-state index in [1.807, 2.05) is 0 Å². The summed E-state index contributed by atoms with van der Waals surface area (Å²) < 4.78 is 73.4. The number of amides is 1. The van der Waals surface area contributed by atoms with Gasteiger partial charge in [-0.05, 0) is 5.56 Å². The van der Waals surface area contributed by atoms with Crippen LogP contribution < -0.4 is 0 Å². The Balaban J connectivity index is 3.00. The van der Waals surface area contributed by atoms with E-state index < -0.39 is 30.6 Å². The Morgan fingerprint density at radius 1 is 0.955 bits per heavy atom. The van der Waals surface area contributed by atoms with Crippen LogP contribution in [0.2, 0.25) is 0 Å². The Labute approximate surface area is 120 Å². The number of carbonyl (C=O) groups is 2. The lowest BCUT2D eigenvalue weighted by Gasteiger charge is -2.20. The van der Waals surface area contributed by atoms with Crippen molar-refractivity contribution in [3.8, 4) is 0 Å². The van der Waals surface area contributed by atoms with Gasteiger partial charge in [0.25, 0.3) is 5.78 Å². The van der Waals surface area contributed by atoms with Crippen LogP contribution in [0.15, 0.2) is 42.6 Å². The first-order chi connectivity index (χ1) is 10.0. The van der Waals surface area contributed by atoms with Gasteiger partial charge in [-0.15, -0.1) is 0 Å². The Kier molecular flexibility index (Phi) is 5.34. The number of rotatable bonds is 4. The van der Waals surface area contributed by atoms with Gasteiger partial charge in [-0.1, -0.05) is 30.3 Å². The third-order valence-corrected chi connectivity index (χ3v) is 2.38. The average molecular weight is 325 g/mol. The highest BCUT2D eigenvalue weighted by molar-refractivity contribution is 5.95. The zero-order valence-corrected chi connectivity index (χ0v) is 10.8. The van der Waals surface area contributed by atoms with E-state index in [-0.39, 0.29) is 22.7 Å². The lowest BCUT2D eigenvalue weighted by molar-refractivity contribution is -0.183. The van der Waals surface area contributed by atoms with Crippen LogP contribution in [0.5, 0.6) is 0 Å². The summed E-state index contributed by atoms with van der Waals surface area (Å²) in [5.74, 6) is -4.73. The summed E-state index contributed by atoms with van der Waals surface area (Å²) in [5.41, 5.74) is 0.254. The van der Waals surface area contributed by atoms with Crippen LogP contribution in [0, 0.1) is 0 Å². The topological polar surface area (TPSA) is 37.4 Å². The van der Waals surface area contributed by atoms with E-state index in [0.717, 1.165) is 0 Å². The van der Waals surface area contributed by atoms with E-state index in [0.29, 0.717) is 0 Å². The third kappa shape index (κ3) is 5.23. The van der Waals surface area contributed by atoms with Crippen molar-refractivity contribution in [2.45, 2.75) is 18.9 Å². The number of halogens is 6. The molecule has 3 nitrogen and oxygen atoms in total. The van der Waals surface area contributed by atoms with E-state index in [9.17, 15) is 35.9 Å². The molecule has 0 fully saturated rings. The van der Waals surface area contributed by atoms with Gasteiger partial charge in [-0.2, -0.15) is 26.3 Å². The Morgan fingerprint density at radius 2 is 1.50 bits per heavy atom. The summed E-state index contributed by atoms with van der Waals surface area (Å²) in [6, 6.07) is 7.31. The number of benzene rings is 1. The van der Waals surface area contributed by atoms with Crippen LogP contribution in [0.1, 0.15) is 5.56 Å². The normalized spacial score (nSPS) is 12.5. The molecular weight excluding hydrogens is 316 g/mol.